The molecule has 0 saturated heterocycles. The van der Waals surface area contributed by atoms with Gasteiger partial charge in [0.25, 0.3) is 0 Å². The van der Waals surface area contributed by atoms with Crippen molar-refractivity contribution in [3.63, 3.8) is 0 Å². The molecule has 3 N–H and O–H groups in total. The molecule has 1 atom stereocenters. The number of carbonyl (C=O) groups is 4. The van der Waals surface area contributed by atoms with Crippen LogP contribution in [0.2, 0.25) is 0 Å². The number of carbonyl (C=O) groups excluding carboxylic acids is 4. The molecule has 2 aromatic carbocycles. The first-order chi connectivity index (χ1) is 15.5. The van der Waals surface area contributed by atoms with Gasteiger partial charge in [-0.25, -0.2) is 4.79 Å². The molecule has 0 aliphatic heterocycles. The molecule has 0 radical (unpaired) electrons. The van der Waals surface area contributed by atoms with E-state index < -0.39 is 29.9 Å². The maximum atomic E-state index is 12.5. The highest BCUT2D eigenvalue weighted by atomic mass is 16.5. The zero-order chi connectivity index (χ0) is 23.2. The molecule has 2 rings (SSSR count). The van der Waals surface area contributed by atoms with E-state index in [4.69, 9.17) is 9.47 Å². The van der Waals surface area contributed by atoms with Gasteiger partial charge in [0.15, 0.2) is 0 Å². The molecule has 9 heteroatoms. The summed E-state index contributed by atoms with van der Waals surface area (Å²) in [6, 6.07) is 17.3. The van der Waals surface area contributed by atoms with Crippen molar-refractivity contribution in [3.8, 4) is 0 Å². The molecule has 0 spiro atoms. The van der Waals surface area contributed by atoms with Gasteiger partial charge in [-0.2, -0.15) is 0 Å². The van der Waals surface area contributed by atoms with Crippen LogP contribution in [0.1, 0.15) is 18.1 Å². The lowest BCUT2D eigenvalue weighted by molar-refractivity contribution is -0.143. The quantitative estimate of drug-likeness (QED) is 0.452. The molecule has 0 bridgehead atoms. The van der Waals surface area contributed by atoms with Gasteiger partial charge in [0, 0.05) is 6.42 Å². The van der Waals surface area contributed by atoms with E-state index in [1.807, 2.05) is 60.7 Å². The third-order valence-corrected chi connectivity index (χ3v) is 4.25. The smallest absolute Gasteiger partial charge is 0.407 e. The molecular weight excluding hydrogens is 414 g/mol. The van der Waals surface area contributed by atoms with E-state index >= 15 is 0 Å². The standard InChI is InChI=1S/C23H27N3O6/c1-2-31-21(28)15-24-22(29)19(13-17-9-5-3-6-10-17)26-20(27)14-25-23(30)32-16-18-11-7-4-8-12-18/h3-12,19H,2,13-16H2,1H3,(H,24,29)(H,25,30)(H,26,27). The molecule has 0 heterocycles. The van der Waals surface area contributed by atoms with Gasteiger partial charge in [-0.1, -0.05) is 60.7 Å². The second kappa shape index (κ2) is 13.4. The normalized spacial score (nSPS) is 11.0. The third-order valence-electron chi connectivity index (χ3n) is 4.25. The highest BCUT2D eigenvalue weighted by Gasteiger charge is 2.22. The highest BCUT2D eigenvalue weighted by molar-refractivity contribution is 5.91. The van der Waals surface area contributed by atoms with Crippen molar-refractivity contribution in [3.05, 3.63) is 71.8 Å². The molecule has 170 valence electrons. The second-order valence-corrected chi connectivity index (χ2v) is 6.75. The summed E-state index contributed by atoms with van der Waals surface area (Å²) in [7, 11) is 0. The topological polar surface area (TPSA) is 123 Å². The second-order valence-electron chi connectivity index (χ2n) is 6.75. The maximum Gasteiger partial charge on any atom is 0.407 e. The lowest BCUT2D eigenvalue weighted by Crippen LogP contribution is -2.51. The zero-order valence-electron chi connectivity index (χ0n) is 17.8. The number of hydrogen-bond donors (Lipinski definition) is 3. The maximum absolute atomic E-state index is 12.5. The van der Waals surface area contributed by atoms with Gasteiger partial charge >= 0.3 is 12.1 Å². The van der Waals surface area contributed by atoms with Crippen molar-refractivity contribution in [2.45, 2.75) is 26.0 Å². The number of amides is 3. The van der Waals surface area contributed by atoms with Crippen LogP contribution in [0, 0.1) is 0 Å². The summed E-state index contributed by atoms with van der Waals surface area (Å²) in [5.41, 5.74) is 1.63. The Morgan fingerprint density at radius 3 is 2.06 bits per heavy atom. The van der Waals surface area contributed by atoms with Crippen LogP contribution in [0.5, 0.6) is 0 Å². The number of alkyl carbamates (subject to hydrolysis) is 1. The summed E-state index contributed by atoms with van der Waals surface area (Å²) in [5.74, 6) is -1.69. The Morgan fingerprint density at radius 2 is 1.44 bits per heavy atom. The molecule has 0 fully saturated rings. The summed E-state index contributed by atoms with van der Waals surface area (Å²) in [4.78, 5) is 48.2. The summed E-state index contributed by atoms with van der Waals surface area (Å²) in [6.07, 6.45) is -0.546. The third kappa shape index (κ3) is 9.29. The SMILES string of the molecule is CCOC(=O)CNC(=O)C(Cc1ccccc1)NC(=O)CNC(=O)OCc1ccccc1. The Hall–Kier alpha value is -3.88. The van der Waals surface area contributed by atoms with Crippen LogP contribution in [0.15, 0.2) is 60.7 Å². The number of ether oxygens (including phenoxy) is 2. The largest absolute Gasteiger partial charge is 0.465 e. The molecule has 0 aliphatic rings. The van der Waals surface area contributed by atoms with Crippen molar-refractivity contribution >= 4 is 23.9 Å². The molecule has 0 aliphatic carbocycles. The van der Waals surface area contributed by atoms with Crippen molar-refractivity contribution in [2.75, 3.05) is 19.7 Å². The minimum atomic E-state index is -0.943. The van der Waals surface area contributed by atoms with E-state index in [2.05, 4.69) is 16.0 Å². The first kappa shape index (κ1) is 24.4. The van der Waals surface area contributed by atoms with Gasteiger partial charge < -0.3 is 25.4 Å². The number of nitrogens with one attached hydrogen (secondary N) is 3. The van der Waals surface area contributed by atoms with E-state index in [9.17, 15) is 19.2 Å². The van der Waals surface area contributed by atoms with Crippen LogP contribution in [0.3, 0.4) is 0 Å². The lowest BCUT2D eigenvalue weighted by atomic mass is 10.1. The van der Waals surface area contributed by atoms with Crippen molar-refractivity contribution < 1.29 is 28.7 Å². The van der Waals surface area contributed by atoms with Gasteiger partial charge in [0.2, 0.25) is 11.8 Å². The van der Waals surface area contributed by atoms with Gasteiger partial charge in [0.05, 0.1) is 6.61 Å². The molecule has 32 heavy (non-hydrogen) atoms. The van der Waals surface area contributed by atoms with Crippen molar-refractivity contribution in [2.24, 2.45) is 0 Å². The lowest BCUT2D eigenvalue weighted by Gasteiger charge is -2.18. The van der Waals surface area contributed by atoms with Crippen LogP contribution in [0.25, 0.3) is 0 Å². The molecule has 9 nitrogen and oxygen atoms in total. The minimum Gasteiger partial charge on any atom is -0.465 e. The first-order valence-corrected chi connectivity index (χ1v) is 10.2. The number of benzene rings is 2. The Kier molecular flexibility index (Phi) is 10.2. The van der Waals surface area contributed by atoms with Gasteiger partial charge in [-0.3, -0.25) is 14.4 Å². The van der Waals surface area contributed by atoms with Crippen LogP contribution in [-0.2, 0) is 36.9 Å². The summed E-state index contributed by atoms with van der Waals surface area (Å²) in [5, 5.41) is 7.38. The van der Waals surface area contributed by atoms with Crippen molar-refractivity contribution in [1.29, 1.82) is 0 Å². The highest BCUT2D eigenvalue weighted by Crippen LogP contribution is 2.04. The summed E-state index contributed by atoms with van der Waals surface area (Å²) >= 11 is 0. The van der Waals surface area contributed by atoms with Gasteiger partial charge in [-0.15, -0.1) is 0 Å². The molecule has 0 aromatic heterocycles. The zero-order valence-corrected chi connectivity index (χ0v) is 17.8. The van der Waals surface area contributed by atoms with E-state index in [-0.39, 0.29) is 32.7 Å². The van der Waals surface area contributed by atoms with E-state index in [1.165, 1.54) is 0 Å². The predicted molar refractivity (Wildman–Crippen MR) is 116 cm³/mol. The monoisotopic (exact) mass is 441 g/mol. The van der Waals surface area contributed by atoms with E-state index in [1.54, 1.807) is 6.92 Å². The fourth-order valence-corrected chi connectivity index (χ4v) is 2.73. The average molecular weight is 441 g/mol. The summed E-state index contributed by atoms with van der Waals surface area (Å²) in [6.45, 7) is 1.25. The Balaban J connectivity index is 1.86. The average Bonchev–Trinajstić information content (AvgIpc) is 2.81. The number of esters is 1. The van der Waals surface area contributed by atoms with Crippen LogP contribution in [-0.4, -0.2) is 49.6 Å². The predicted octanol–water partition coefficient (Wildman–Crippen LogP) is 1.32. The number of hydrogen-bond acceptors (Lipinski definition) is 6. The van der Waals surface area contributed by atoms with Gasteiger partial charge in [0.1, 0.15) is 25.7 Å². The van der Waals surface area contributed by atoms with Crippen molar-refractivity contribution in [1.82, 2.24) is 16.0 Å². The molecule has 2 aromatic rings. The van der Waals surface area contributed by atoms with Crippen LogP contribution < -0.4 is 16.0 Å². The van der Waals surface area contributed by atoms with Gasteiger partial charge in [-0.05, 0) is 18.1 Å². The van der Waals surface area contributed by atoms with Crippen LogP contribution in [0.4, 0.5) is 4.79 Å². The van der Waals surface area contributed by atoms with E-state index in [0.29, 0.717) is 0 Å². The Bertz CT molecular complexity index is 889. The minimum absolute atomic E-state index is 0.0706. The fraction of sp³-hybridized carbons (Fsp3) is 0.304. The fourth-order valence-electron chi connectivity index (χ4n) is 2.73. The van der Waals surface area contributed by atoms with Crippen LogP contribution >= 0.6 is 0 Å². The first-order valence-electron chi connectivity index (χ1n) is 10.2. The number of rotatable bonds is 11. The van der Waals surface area contributed by atoms with E-state index in [0.717, 1.165) is 11.1 Å². The molecular formula is C23H27N3O6. The Labute approximate surface area is 186 Å². The Morgan fingerprint density at radius 1 is 0.812 bits per heavy atom. The summed E-state index contributed by atoms with van der Waals surface area (Å²) < 4.78 is 9.84. The molecule has 1 unspecified atom stereocenters. The molecule has 0 saturated carbocycles. The molecule has 3 amide bonds.